The topological polar surface area (TPSA) is 35.2 Å². The van der Waals surface area contributed by atoms with Gasteiger partial charge in [0.1, 0.15) is 0 Å². The van der Waals surface area contributed by atoms with E-state index in [-0.39, 0.29) is 11.6 Å². The van der Waals surface area contributed by atoms with Crippen LogP contribution in [0.25, 0.3) is 0 Å². The highest BCUT2D eigenvalue weighted by Gasteiger charge is 2.52. The lowest BCUT2D eigenvalue weighted by Crippen LogP contribution is -2.54. The predicted molar refractivity (Wildman–Crippen MR) is 87.3 cm³/mol. The largest absolute Gasteiger partial charge is 0.377 e. The van der Waals surface area contributed by atoms with Gasteiger partial charge in [-0.05, 0) is 54.9 Å². The second kappa shape index (κ2) is 5.40. The molecule has 0 heterocycles. The molecule has 0 bridgehead atoms. The molecule has 116 valence electrons. The van der Waals surface area contributed by atoms with Gasteiger partial charge in [0.15, 0.2) is 0 Å². The molecule has 0 aliphatic heterocycles. The van der Waals surface area contributed by atoms with Crippen molar-refractivity contribution >= 4 is 0 Å². The Bertz CT molecular complexity index is 472. The third kappa shape index (κ3) is 2.89. The van der Waals surface area contributed by atoms with Crippen molar-refractivity contribution in [2.75, 3.05) is 7.11 Å². The van der Waals surface area contributed by atoms with Crippen LogP contribution in [0.2, 0.25) is 0 Å². The van der Waals surface area contributed by atoms with Gasteiger partial charge in [-0.2, -0.15) is 0 Å². The van der Waals surface area contributed by atoms with Gasteiger partial charge in [0.05, 0.1) is 5.60 Å². The van der Waals surface area contributed by atoms with Crippen LogP contribution >= 0.6 is 0 Å². The molecule has 2 aliphatic rings. The van der Waals surface area contributed by atoms with Crippen LogP contribution in [0.5, 0.6) is 0 Å². The summed E-state index contributed by atoms with van der Waals surface area (Å²) in [5.74, 6) is 1.23. The molecule has 2 N–H and O–H groups in total. The Balaban J connectivity index is 1.69. The molecule has 0 radical (unpaired) electrons. The van der Waals surface area contributed by atoms with Crippen LogP contribution in [0, 0.1) is 11.3 Å². The minimum Gasteiger partial charge on any atom is -0.377 e. The Kier molecular flexibility index (Phi) is 3.87. The zero-order valence-corrected chi connectivity index (χ0v) is 13.6. The minimum atomic E-state index is -0.0935. The molecule has 2 saturated carbocycles. The first-order valence-corrected chi connectivity index (χ1v) is 8.33. The van der Waals surface area contributed by atoms with E-state index in [1.165, 1.54) is 24.8 Å². The quantitative estimate of drug-likeness (QED) is 0.904. The van der Waals surface area contributed by atoms with Crippen molar-refractivity contribution in [3.8, 4) is 0 Å². The lowest BCUT2D eigenvalue weighted by molar-refractivity contribution is -0.0829. The van der Waals surface area contributed by atoms with E-state index in [4.69, 9.17) is 10.5 Å². The maximum Gasteiger partial charge on any atom is 0.0832 e. The summed E-state index contributed by atoms with van der Waals surface area (Å²) >= 11 is 0. The maximum atomic E-state index is 6.69. The summed E-state index contributed by atoms with van der Waals surface area (Å²) in [7, 11) is 1.86. The van der Waals surface area contributed by atoms with Crippen LogP contribution in [-0.4, -0.2) is 18.8 Å². The summed E-state index contributed by atoms with van der Waals surface area (Å²) in [6.45, 7) is 4.73. The number of ether oxygens (including phenoxy) is 1. The minimum absolute atomic E-state index is 0.0935. The summed E-state index contributed by atoms with van der Waals surface area (Å²) in [5.41, 5.74) is 8.49. The lowest BCUT2D eigenvalue weighted by Gasteiger charge is -2.46. The normalized spacial score (nSPS) is 31.6. The number of nitrogens with two attached hydrogens (primary N) is 1. The standard InChI is InChI=1S/C19H29NO/c1-18(2)9-11-19(21-3,12-10-18)17(20)16-13-15(16)14-7-5-4-6-8-14/h4-8,15-17H,9-13,20H2,1-3H3. The highest BCUT2D eigenvalue weighted by atomic mass is 16.5. The fourth-order valence-electron chi connectivity index (χ4n) is 4.11. The zero-order valence-electron chi connectivity index (χ0n) is 13.6. The highest BCUT2D eigenvalue weighted by Crippen LogP contribution is 2.54. The Hall–Kier alpha value is -0.860. The van der Waals surface area contributed by atoms with Gasteiger partial charge in [0.2, 0.25) is 0 Å². The number of rotatable bonds is 4. The fraction of sp³-hybridized carbons (Fsp3) is 0.684. The van der Waals surface area contributed by atoms with E-state index in [1.807, 2.05) is 7.11 Å². The monoisotopic (exact) mass is 287 g/mol. The van der Waals surface area contributed by atoms with E-state index < -0.39 is 0 Å². The van der Waals surface area contributed by atoms with Crippen molar-refractivity contribution in [1.82, 2.24) is 0 Å². The van der Waals surface area contributed by atoms with E-state index >= 15 is 0 Å². The van der Waals surface area contributed by atoms with Gasteiger partial charge in [0, 0.05) is 13.2 Å². The molecule has 2 heteroatoms. The van der Waals surface area contributed by atoms with Crippen LogP contribution in [0.15, 0.2) is 30.3 Å². The third-order valence-corrected chi connectivity index (χ3v) is 5.99. The number of hydrogen-bond acceptors (Lipinski definition) is 2. The molecule has 2 nitrogen and oxygen atoms in total. The lowest BCUT2D eigenvalue weighted by atomic mass is 9.67. The van der Waals surface area contributed by atoms with E-state index in [1.54, 1.807) is 0 Å². The SMILES string of the molecule is COC1(C(N)C2CC2c2ccccc2)CCC(C)(C)CC1. The molecule has 3 unspecified atom stereocenters. The first-order valence-electron chi connectivity index (χ1n) is 8.33. The van der Waals surface area contributed by atoms with E-state index in [0.717, 1.165) is 12.8 Å². The van der Waals surface area contributed by atoms with Crippen molar-refractivity contribution in [3.05, 3.63) is 35.9 Å². The molecule has 21 heavy (non-hydrogen) atoms. The summed E-state index contributed by atoms with van der Waals surface area (Å²) in [4.78, 5) is 0. The van der Waals surface area contributed by atoms with Crippen LogP contribution in [0.4, 0.5) is 0 Å². The van der Waals surface area contributed by atoms with Gasteiger partial charge in [-0.25, -0.2) is 0 Å². The smallest absolute Gasteiger partial charge is 0.0832 e. The van der Waals surface area contributed by atoms with Gasteiger partial charge in [0.25, 0.3) is 0 Å². The molecule has 0 saturated heterocycles. The Morgan fingerprint density at radius 3 is 2.29 bits per heavy atom. The average molecular weight is 287 g/mol. The molecule has 2 aliphatic carbocycles. The molecule has 1 aromatic carbocycles. The van der Waals surface area contributed by atoms with Crippen molar-refractivity contribution in [2.45, 2.75) is 63.5 Å². The first-order chi connectivity index (χ1) is 9.97. The first kappa shape index (κ1) is 15.1. The van der Waals surface area contributed by atoms with Gasteiger partial charge in [-0.3, -0.25) is 0 Å². The Labute approximate surface area is 129 Å². The molecule has 3 atom stereocenters. The number of hydrogen-bond donors (Lipinski definition) is 1. The zero-order chi connectivity index (χ0) is 15.1. The molecule has 3 rings (SSSR count). The van der Waals surface area contributed by atoms with E-state index in [9.17, 15) is 0 Å². The Morgan fingerprint density at radius 1 is 1.10 bits per heavy atom. The molecule has 0 aromatic heterocycles. The molecule has 0 spiro atoms. The molecular weight excluding hydrogens is 258 g/mol. The van der Waals surface area contributed by atoms with Crippen molar-refractivity contribution < 1.29 is 4.74 Å². The van der Waals surface area contributed by atoms with Crippen LogP contribution < -0.4 is 5.73 Å². The predicted octanol–water partition coefficient (Wildman–Crippen LogP) is 4.10. The van der Waals surface area contributed by atoms with Crippen LogP contribution in [-0.2, 0) is 4.74 Å². The highest BCUT2D eigenvalue weighted by molar-refractivity contribution is 5.27. The number of benzene rings is 1. The van der Waals surface area contributed by atoms with Gasteiger partial charge in [-0.1, -0.05) is 44.2 Å². The summed E-state index contributed by atoms with van der Waals surface area (Å²) in [6.07, 6.45) is 5.87. The molecule has 1 aromatic rings. The van der Waals surface area contributed by atoms with Crippen molar-refractivity contribution in [3.63, 3.8) is 0 Å². The van der Waals surface area contributed by atoms with E-state index in [2.05, 4.69) is 44.2 Å². The van der Waals surface area contributed by atoms with Crippen molar-refractivity contribution in [1.29, 1.82) is 0 Å². The summed E-state index contributed by atoms with van der Waals surface area (Å²) in [5, 5.41) is 0. The van der Waals surface area contributed by atoms with Gasteiger partial charge in [-0.15, -0.1) is 0 Å². The van der Waals surface area contributed by atoms with Crippen molar-refractivity contribution in [2.24, 2.45) is 17.1 Å². The van der Waals surface area contributed by atoms with Gasteiger partial charge >= 0.3 is 0 Å². The summed E-state index contributed by atoms with van der Waals surface area (Å²) in [6, 6.07) is 11.0. The van der Waals surface area contributed by atoms with E-state index in [0.29, 0.717) is 17.3 Å². The Morgan fingerprint density at radius 2 is 1.71 bits per heavy atom. The maximum absolute atomic E-state index is 6.69. The molecular formula is C19H29NO. The average Bonchev–Trinajstić information content (AvgIpc) is 3.29. The van der Waals surface area contributed by atoms with Crippen LogP contribution in [0.1, 0.15) is 57.4 Å². The van der Waals surface area contributed by atoms with Crippen LogP contribution in [0.3, 0.4) is 0 Å². The second-order valence-corrected chi connectivity index (χ2v) is 7.88. The third-order valence-electron chi connectivity index (χ3n) is 5.99. The molecule has 0 amide bonds. The molecule has 2 fully saturated rings. The summed E-state index contributed by atoms with van der Waals surface area (Å²) < 4.78 is 5.99. The van der Waals surface area contributed by atoms with Gasteiger partial charge < -0.3 is 10.5 Å². The second-order valence-electron chi connectivity index (χ2n) is 7.88. The number of methoxy groups -OCH3 is 1. The fourth-order valence-corrected chi connectivity index (χ4v) is 4.11.